The molecule has 0 aliphatic rings. The summed E-state index contributed by atoms with van der Waals surface area (Å²) in [6.45, 7) is -0.746. The van der Waals surface area contributed by atoms with Crippen LogP contribution in [0.2, 0.25) is 0 Å². The second kappa shape index (κ2) is 10.4. The predicted octanol–water partition coefficient (Wildman–Crippen LogP) is 4.52. The van der Waals surface area contributed by atoms with E-state index in [1.165, 1.54) is 25.3 Å². The van der Waals surface area contributed by atoms with Crippen LogP contribution < -0.4 is 19.7 Å². The molecule has 2 aromatic carbocycles. The van der Waals surface area contributed by atoms with Crippen LogP contribution in [0, 0.1) is 5.41 Å². The second-order valence-electron chi connectivity index (χ2n) is 7.37. The minimum atomic E-state index is -4.80. The number of benzene rings is 2. The zero-order valence-electron chi connectivity index (χ0n) is 18.8. The number of nitrogens with one attached hydrogen (secondary N) is 2. The summed E-state index contributed by atoms with van der Waals surface area (Å²) in [6, 6.07) is 11.5. The molecular formula is C24H25F3N4O3. The number of aliphatic hydroxyl groups is 1. The van der Waals surface area contributed by atoms with Crippen molar-refractivity contribution < 1.29 is 27.8 Å². The van der Waals surface area contributed by atoms with Gasteiger partial charge in [0, 0.05) is 71.8 Å². The highest BCUT2D eigenvalue weighted by Gasteiger charge is 2.39. The quantitative estimate of drug-likeness (QED) is 0.395. The zero-order valence-corrected chi connectivity index (χ0v) is 18.8. The van der Waals surface area contributed by atoms with Gasteiger partial charge < -0.3 is 30.2 Å². The Morgan fingerprint density at radius 3 is 2.35 bits per heavy atom. The SMILES string of the molecule is CN/C=C(\C=N)c1cnc2ccc(N(CC(O)C(F)(F)F)c3cc(OC)cc(OC)c3)cc2c1. The molecule has 3 N–H and O–H groups in total. The van der Waals surface area contributed by atoms with Crippen LogP contribution in [-0.2, 0) is 0 Å². The first kappa shape index (κ1) is 24.8. The van der Waals surface area contributed by atoms with Crippen molar-refractivity contribution in [2.24, 2.45) is 0 Å². The van der Waals surface area contributed by atoms with E-state index < -0.39 is 18.8 Å². The first-order valence-corrected chi connectivity index (χ1v) is 10.2. The minimum Gasteiger partial charge on any atom is -0.497 e. The Hall–Kier alpha value is -3.79. The number of hydrogen-bond donors (Lipinski definition) is 3. The van der Waals surface area contributed by atoms with E-state index in [1.54, 1.807) is 61.9 Å². The van der Waals surface area contributed by atoms with Crippen LogP contribution in [0.25, 0.3) is 16.5 Å². The molecule has 1 aromatic heterocycles. The molecule has 7 nitrogen and oxygen atoms in total. The van der Waals surface area contributed by atoms with E-state index >= 15 is 0 Å². The van der Waals surface area contributed by atoms with E-state index in [9.17, 15) is 18.3 Å². The van der Waals surface area contributed by atoms with Crippen LogP contribution in [0.3, 0.4) is 0 Å². The molecule has 0 aliphatic heterocycles. The normalized spacial score (nSPS) is 12.9. The zero-order chi connectivity index (χ0) is 24.9. The van der Waals surface area contributed by atoms with Crippen LogP contribution in [0.4, 0.5) is 24.5 Å². The lowest BCUT2D eigenvalue weighted by Gasteiger charge is -2.29. The van der Waals surface area contributed by atoms with Gasteiger partial charge in [0.2, 0.25) is 0 Å². The van der Waals surface area contributed by atoms with E-state index in [4.69, 9.17) is 14.9 Å². The lowest BCUT2D eigenvalue weighted by atomic mass is 10.1. The van der Waals surface area contributed by atoms with Crippen LogP contribution in [0.15, 0.2) is 54.9 Å². The lowest BCUT2D eigenvalue weighted by Crippen LogP contribution is -2.39. The molecule has 1 unspecified atom stereocenters. The number of hydrogen-bond acceptors (Lipinski definition) is 7. The molecule has 180 valence electrons. The Kier molecular flexibility index (Phi) is 7.62. The van der Waals surface area contributed by atoms with Gasteiger partial charge in [0.15, 0.2) is 6.10 Å². The van der Waals surface area contributed by atoms with Gasteiger partial charge in [0.25, 0.3) is 0 Å². The molecule has 10 heteroatoms. The molecule has 1 atom stereocenters. The maximum Gasteiger partial charge on any atom is 0.416 e. The van der Waals surface area contributed by atoms with Gasteiger partial charge in [0.05, 0.1) is 26.3 Å². The third-order valence-corrected chi connectivity index (χ3v) is 5.15. The van der Waals surface area contributed by atoms with E-state index in [0.29, 0.717) is 44.9 Å². The standard InChI is InChI=1S/C24H25F3N4O3/c1-29-12-17(11-28)16-6-15-7-18(4-5-22(15)30-13-16)31(14-23(32)24(25,26)27)19-8-20(33-2)10-21(9-19)34-3/h4-13,23,28-29,32H,14H2,1-3H3/b17-12+,28-11?. The number of nitrogens with zero attached hydrogens (tertiary/aromatic N) is 2. The van der Waals surface area contributed by atoms with Crippen LogP contribution in [-0.4, -0.2) is 56.4 Å². The molecule has 0 fully saturated rings. The fourth-order valence-electron chi connectivity index (χ4n) is 3.39. The molecule has 0 amide bonds. The highest BCUT2D eigenvalue weighted by molar-refractivity contribution is 6.09. The topological polar surface area (TPSA) is 90.7 Å². The van der Waals surface area contributed by atoms with Gasteiger partial charge in [-0.25, -0.2) is 0 Å². The maximum absolute atomic E-state index is 13.3. The third kappa shape index (κ3) is 5.57. The lowest BCUT2D eigenvalue weighted by molar-refractivity contribution is -0.199. The summed E-state index contributed by atoms with van der Waals surface area (Å²) in [7, 11) is 4.59. The van der Waals surface area contributed by atoms with Crippen LogP contribution in [0.1, 0.15) is 5.56 Å². The Balaban J connectivity index is 2.15. The highest BCUT2D eigenvalue weighted by atomic mass is 19.4. The molecule has 0 spiro atoms. The number of allylic oxidation sites excluding steroid dienone is 1. The summed E-state index contributed by atoms with van der Waals surface area (Å²) in [4.78, 5) is 5.74. The molecular weight excluding hydrogens is 449 g/mol. The highest BCUT2D eigenvalue weighted by Crippen LogP contribution is 2.35. The number of pyridine rings is 1. The summed E-state index contributed by atoms with van der Waals surface area (Å²) in [5.41, 5.74) is 2.63. The van der Waals surface area contributed by atoms with E-state index in [2.05, 4.69) is 10.3 Å². The van der Waals surface area contributed by atoms with Crippen molar-refractivity contribution in [3.8, 4) is 11.5 Å². The summed E-state index contributed by atoms with van der Waals surface area (Å²) in [5.74, 6) is 0.775. The average Bonchev–Trinajstić information content (AvgIpc) is 2.83. The van der Waals surface area contributed by atoms with Gasteiger partial charge in [0.1, 0.15) is 11.5 Å². The van der Waals surface area contributed by atoms with Gasteiger partial charge in [-0.3, -0.25) is 4.98 Å². The number of rotatable bonds is 9. The molecule has 0 saturated carbocycles. The van der Waals surface area contributed by atoms with Gasteiger partial charge in [-0.05, 0) is 24.3 Å². The molecule has 3 rings (SSSR count). The van der Waals surface area contributed by atoms with Crippen molar-refractivity contribution in [1.29, 1.82) is 5.41 Å². The molecule has 0 saturated heterocycles. The third-order valence-electron chi connectivity index (χ3n) is 5.15. The molecule has 1 heterocycles. The first-order valence-electron chi connectivity index (χ1n) is 10.2. The van der Waals surface area contributed by atoms with Crippen molar-refractivity contribution in [2.45, 2.75) is 12.3 Å². The van der Waals surface area contributed by atoms with Crippen molar-refractivity contribution in [1.82, 2.24) is 10.3 Å². The summed E-state index contributed by atoms with van der Waals surface area (Å²) in [5, 5.41) is 21.0. The Bertz CT molecular complexity index is 1180. The fourth-order valence-corrected chi connectivity index (χ4v) is 3.39. The first-order chi connectivity index (χ1) is 16.2. The number of alkyl halides is 3. The van der Waals surface area contributed by atoms with Gasteiger partial charge in [-0.15, -0.1) is 0 Å². The second-order valence-corrected chi connectivity index (χ2v) is 7.37. The number of methoxy groups -OCH3 is 2. The van der Waals surface area contributed by atoms with Crippen molar-refractivity contribution >= 4 is 34.1 Å². The Labute approximate surface area is 194 Å². The largest absolute Gasteiger partial charge is 0.497 e. The van der Waals surface area contributed by atoms with Gasteiger partial charge >= 0.3 is 6.18 Å². The monoisotopic (exact) mass is 474 g/mol. The molecule has 34 heavy (non-hydrogen) atoms. The summed E-state index contributed by atoms with van der Waals surface area (Å²) in [6.07, 6.45) is -2.95. The van der Waals surface area contributed by atoms with Crippen molar-refractivity contribution in [2.75, 3.05) is 32.7 Å². The number of ether oxygens (including phenoxy) is 2. The van der Waals surface area contributed by atoms with Crippen molar-refractivity contribution in [3.63, 3.8) is 0 Å². The van der Waals surface area contributed by atoms with Crippen molar-refractivity contribution in [3.05, 3.63) is 60.4 Å². The molecule has 0 bridgehead atoms. The van der Waals surface area contributed by atoms with Gasteiger partial charge in [-0.1, -0.05) is 0 Å². The number of aliphatic hydroxyl groups excluding tert-OH is 1. The number of aromatic nitrogens is 1. The number of fused-ring (bicyclic) bond motifs is 1. The molecule has 0 radical (unpaired) electrons. The van der Waals surface area contributed by atoms with E-state index in [0.717, 1.165) is 0 Å². The molecule has 3 aromatic rings. The molecule has 0 aliphatic carbocycles. The Morgan fingerprint density at radius 1 is 1.12 bits per heavy atom. The number of anilines is 2. The average molecular weight is 474 g/mol. The Morgan fingerprint density at radius 2 is 1.79 bits per heavy atom. The van der Waals surface area contributed by atoms with Crippen LogP contribution >= 0.6 is 0 Å². The predicted molar refractivity (Wildman–Crippen MR) is 126 cm³/mol. The van der Waals surface area contributed by atoms with E-state index in [-0.39, 0.29) is 0 Å². The maximum atomic E-state index is 13.3. The van der Waals surface area contributed by atoms with E-state index in [1.807, 2.05) is 0 Å². The fraction of sp³-hybridized carbons (Fsp3) is 0.250. The smallest absolute Gasteiger partial charge is 0.416 e. The summed E-state index contributed by atoms with van der Waals surface area (Å²) >= 11 is 0. The summed E-state index contributed by atoms with van der Waals surface area (Å²) < 4.78 is 50.3. The van der Waals surface area contributed by atoms with Crippen LogP contribution in [0.5, 0.6) is 11.5 Å². The minimum absolute atomic E-state index is 0.346. The van der Waals surface area contributed by atoms with Gasteiger partial charge in [-0.2, -0.15) is 13.2 Å². The number of halogens is 3.